The van der Waals surface area contributed by atoms with E-state index in [4.69, 9.17) is 4.42 Å². The molecule has 0 amide bonds. The minimum Gasteiger partial charge on any atom is -0.460 e. The van der Waals surface area contributed by atoms with E-state index in [9.17, 15) is 0 Å². The van der Waals surface area contributed by atoms with Gasteiger partial charge in [-0.1, -0.05) is 0 Å². The normalized spacial score (nSPS) is 19.4. The molecule has 0 spiro atoms. The van der Waals surface area contributed by atoms with Crippen LogP contribution in [-0.4, -0.2) is 41.3 Å². The summed E-state index contributed by atoms with van der Waals surface area (Å²) < 4.78 is 5.70. The van der Waals surface area contributed by atoms with E-state index in [1.165, 1.54) is 18.4 Å². The van der Waals surface area contributed by atoms with Crippen LogP contribution in [0.15, 0.2) is 22.7 Å². The summed E-state index contributed by atoms with van der Waals surface area (Å²) in [4.78, 5) is 2.48. The van der Waals surface area contributed by atoms with Crippen molar-refractivity contribution in [1.29, 1.82) is 0 Å². The lowest BCUT2D eigenvalue weighted by atomic mass is 10.0. The Bertz CT molecular complexity index is 566. The van der Waals surface area contributed by atoms with E-state index in [2.05, 4.69) is 20.4 Å². The molecule has 1 unspecified atom stereocenters. The number of hydrogen-bond donors (Lipinski definition) is 2. The molecule has 3 heterocycles. The molecule has 5 nitrogen and oxygen atoms in total. The van der Waals surface area contributed by atoms with Crippen LogP contribution in [0.5, 0.6) is 0 Å². The molecule has 116 valence electrons. The van der Waals surface area contributed by atoms with Crippen molar-refractivity contribution in [2.45, 2.75) is 32.4 Å². The van der Waals surface area contributed by atoms with Crippen molar-refractivity contribution >= 4 is 12.4 Å². The van der Waals surface area contributed by atoms with Gasteiger partial charge in [0.15, 0.2) is 5.76 Å². The largest absolute Gasteiger partial charge is 0.460 e. The highest BCUT2D eigenvalue weighted by Gasteiger charge is 2.20. The summed E-state index contributed by atoms with van der Waals surface area (Å²) in [5, 5.41) is 10.6. The highest BCUT2D eigenvalue weighted by Crippen LogP contribution is 2.25. The molecule has 6 heteroatoms. The average Bonchev–Trinajstić information content (AvgIpc) is 3.08. The second-order valence-electron chi connectivity index (χ2n) is 5.54. The van der Waals surface area contributed by atoms with Gasteiger partial charge in [0.2, 0.25) is 0 Å². The number of nitrogens with one attached hydrogen (secondary N) is 2. The van der Waals surface area contributed by atoms with E-state index < -0.39 is 0 Å². The SMILES string of the molecule is CNC1CCCN(Cc2cn[nH]c2-c2ccc(C)o2)C1.Cl. The first-order chi connectivity index (χ1) is 9.76. The number of likely N-dealkylation sites (N-methyl/N-ethyl adjacent to an activating group) is 1. The van der Waals surface area contributed by atoms with Gasteiger partial charge < -0.3 is 9.73 Å². The molecule has 1 fully saturated rings. The molecule has 2 aromatic heterocycles. The summed E-state index contributed by atoms with van der Waals surface area (Å²) in [6, 6.07) is 4.58. The number of likely N-dealkylation sites (tertiary alicyclic amines) is 1. The average molecular weight is 311 g/mol. The van der Waals surface area contributed by atoms with Crippen molar-refractivity contribution in [2.75, 3.05) is 20.1 Å². The van der Waals surface area contributed by atoms with Crippen LogP contribution in [0, 0.1) is 6.92 Å². The Morgan fingerprint density at radius 1 is 1.48 bits per heavy atom. The van der Waals surface area contributed by atoms with Gasteiger partial charge in [-0.2, -0.15) is 5.10 Å². The van der Waals surface area contributed by atoms with E-state index >= 15 is 0 Å². The van der Waals surface area contributed by atoms with Gasteiger partial charge in [0.25, 0.3) is 0 Å². The first-order valence-electron chi connectivity index (χ1n) is 7.25. The first kappa shape index (κ1) is 16.1. The third kappa shape index (κ3) is 3.67. The fraction of sp³-hybridized carbons (Fsp3) is 0.533. The molecular formula is C15H23ClN4O. The Morgan fingerprint density at radius 2 is 2.33 bits per heavy atom. The van der Waals surface area contributed by atoms with E-state index in [1.807, 2.05) is 32.3 Å². The number of hydrogen-bond acceptors (Lipinski definition) is 4. The monoisotopic (exact) mass is 310 g/mol. The molecule has 0 bridgehead atoms. The Morgan fingerprint density at radius 3 is 3.05 bits per heavy atom. The van der Waals surface area contributed by atoms with E-state index in [0.717, 1.165) is 36.8 Å². The fourth-order valence-electron chi connectivity index (χ4n) is 2.89. The topological polar surface area (TPSA) is 57.1 Å². The van der Waals surface area contributed by atoms with Crippen molar-refractivity contribution < 1.29 is 4.42 Å². The van der Waals surface area contributed by atoms with Gasteiger partial charge in [-0.15, -0.1) is 12.4 Å². The number of H-pyrrole nitrogens is 1. The summed E-state index contributed by atoms with van der Waals surface area (Å²) in [7, 11) is 2.04. The van der Waals surface area contributed by atoms with Crippen molar-refractivity contribution in [3.8, 4) is 11.5 Å². The number of aromatic amines is 1. The van der Waals surface area contributed by atoms with Gasteiger partial charge in [0.1, 0.15) is 11.5 Å². The summed E-state index contributed by atoms with van der Waals surface area (Å²) in [6.45, 7) is 5.13. The Balaban J connectivity index is 0.00000161. The molecule has 0 radical (unpaired) electrons. The van der Waals surface area contributed by atoms with E-state index in [-0.39, 0.29) is 12.4 Å². The first-order valence-corrected chi connectivity index (χ1v) is 7.25. The molecule has 1 aliphatic rings. The second-order valence-corrected chi connectivity index (χ2v) is 5.54. The number of aryl methyl sites for hydroxylation is 1. The van der Waals surface area contributed by atoms with Crippen LogP contribution in [0.1, 0.15) is 24.2 Å². The predicted octanol–water partition coefficient (Wildman–Crippen LogP) is 2.58. The standard InChI is InChI=1S/C15H22N4O.ClH/c1-11-5-6-14(20-11)15-12(8-17-18-15)9-19-7-3-4-13(10-19)16-2;/h5-6,8,13,16H,3-4,7,9-10H2,1-2H3,(H,17,18);1H. The number of furan rings is 1. The van der Waals surface area contributed by atoms with Crippen LogP contribution in [-0.2, 0) is 6.54 Å². The summed E-state index contributed by atoms with van der Waals surface area (Å²) in [5.74, 6) is 1.80. The van der Waals surface area contributed by atoms with Gasteiger partial charge in [0.05, 0.1) is 6.20 Å². The maximum Gasteiger partial charge on any atom is 0.152 e. The van der Waals surface area contributed by atoms with E-state index in [1.54, 1.807) is 0 Å². The van der Waals surface area contributed by atoms with Crippen molar-refractivity contribution in [3.63, 3.8) is 0 Å². The van der Waals surface area contributed by atoms with E-state index in [0.29, 0.717) is 6.04 Å². The van der Waals surface area contributed by atoms with Crippen LogP contribution in [0.4, 0.5) is 0 Å². The predicted molar refractivity (Wildman–Crippen MR) is 85.6 cm³/mol. The summed E-state index contributed by atoms with van der Waals surface area (Å²) in [5.41, 5.74) is 2.21. The third-order valence-electron chi connectivity index (χ3n) is 4.01. The lowest BCUT2D eigenvalue weighted by Crippen LogP contribution is -2.43. The lowest BCUT2D eigenvalue weighted by molar-refractivity contribution is 0.188. The molecule has 0 aromatic carbocycles. The van der Waals surface area contributed by atoms with Gasteiger partial charge in [-0.3, -0.25) is 10.00 Å². The molecule has 1 aliphatic heterocycles. The van der Waals surface area contributed by atoms with Gasteiger partial charge in [-0.05, 0) is 45.5 Å². The van der Waals surface area contributed by atoms with Gasteiger partial charge in [0, 0.05) is 24.7 Å². The Hall–Kier alpha value is -1.30. The maximum absolute atomic E-state index is 5.70. The maximum atomic E-state index is 5.70. The second kappa shape index (κ2) is 7.11. The third-order valence-corrected chi connectivity index (χ3v) is 4.01. The zero-order valence-electron chi connectivity index (χ0n) is 12.6. The summed E-state index contributed by atoms with van der Waals surface area (Å²) >= 11 is 0. The lowest BCUT2D eigenvalue weighted by Gasteiger charge is -2.32. The van der Waals surface area contributed by atoms with Crippen molar-refractivity contribution in [1.82, 2.24) is 20.4 Å². The number of aromatic nitrogens is 2. The Labute approximate surface area is 131 Å². The van der Waals surface area contributed by atoms with Crippen LogP contribution in [0.25, 0.3) is 11.5 Å². The fourth-order valence-corrected chi connectivity index (χ4v) is 2.89. The quantitative estimate of drug-likeness (QED) is 0.911. The Kier molecular flexibility index (Phi) is 5.45. The number of piperidine rings is 1. The van der Waals surface area contributed by atoms with Gasteiger partial charge >= 0.3 is 0 Å². The van der Waals surface area contributed by atoms with Crippen LogP contribution < -0.4 is 5.32 Å². The van der Waals surface area contributed by atoms with Gasteiger partial charge in [-0.25, -0.2) is 0 Å². The molecule has 1 saturated heterocycles. The number of rotatable bonds is 4. The number of nitrogens with zero attached hydrogens (tertiary/aromatic N) is 2. The molecule has 2 N–H and O–H groups in total. The highest BCUT2D eigenvalue weighted by molar-refractivity contribution is 5.85. The van der Waals surface area contributed by atoms with Crippen molar-refractivity contribution in [3.05, 3.63) is 29.7 Å². The van der Waals surface area contributed by atoms with Crippen LogP contribution >= 0.6 is 12.4 Å². The molecule has 21 heavy (non-hydrogen) atoms. The zero-order chi connectivity index (χ0) is 13.9. The van der Waals surface area contributed by atoms with Crippen molar-refractivity contribution in [2.24, 2.45) is 0 Å². The molecule has 0 saturated carbocycles. The molecule has 3 rings (SSSR count). The molecular weight excluding hydrogens is 288 g/mol. The number of halogens is 1. The molecule has 0 aliphatic carbocycles. The minimum atomic E-state index is 0. The summed E-state index contributed by atoms with van der Waals surface area (Å²) in [6.07, 6.45) is 4.43. The minimum absolute atomic E-state index is 0. The highest BCUT2D eigenvalue weighted by atomic mass is 35.5. The zero-order valence-corrected chi connectivity index (χ0v) is 13.4. The molecule has 1 atom stereocenters. The molecule has 2 aromatic rings. The van der Waals surface area contributed by atoms with Crippen LogP contribution in [0.3, 0.4) is 0 Å². The smallest absolute Gasteiger partial charge is 0.152 e. The van der Waals surface area contributed by atoms with Crippen LogP contribution in [0.2, 0.25) is 0 Å².